The second-order valence-corrected chi connectivity index (χ2v) is 8.91. The number of benzene rings is 3. The van der Waals surface area contributed by atoms with Crippen molar-refractivity contribution in [2.24, 2.45) is 0 Å². The lowest BCUT2D eigenvalue weighted by Gasteiger charge is -2.07. The first-order valence-corrected chi connectivity index (χ1v) is 11.5. The monoisotopic (exact) mass is 417 g/mol. The van der Waals surface area contributed by atoms with Crippen LogP contribution in [0.5, 0.6) is 0 Å². The molecule has 0 bridgehead atoms. The zero-order chi connectivity index (χ0) is 20.5. The average molecular weight is 418 g/mol. The second-order valence-electron chi connectivity index (χ2n) is 7.99. The van der Waals surface area contributed by atoms with Crippen molar-refractivity contribution < 1.29 is 0 Å². The van der Waals surface area contributed by atoms with Crippen LogP contribution in [0.1, 0.15) is 6.92 Å². The molecule has 0 fully saturated rings. The maximum Gasteiger partial charge on any atom is 0.0839 e. The molecule has 3 aromatic carbocycles. The molecule has 0 aliphatic carbocycles. The van der Waals surface area contributed by atoms with Crippen LogP contribution in [0.15, 0.2) is 84.4 Å². The summed E-state index contributed by atoms with van der Waals surface area (Å²) in [6, 6.07) is 26.4. The molecule has 0 aliphatic heterocycles. The molecule has 7 rings (SSSR count). The summed E-state index contributed by atoms with van der Waals surface area (Å²) >= 11 is 1.78. The van der Waals surface area contributed by atoms with Crippen LogP contribution in [0.2, 0.25) is 0 Å². The van der Waals surface area contributed by atoms with Crippen LogP contribution >= 0.6 is 11.3 Å². The highest BCUT2D eigenvalue weighted by molar-refractivity contribution is 7.18. The van der Waals surface area contributed by atoms with Gasteiger partial charge in [0, 0.05) is 44.7 Å². The van der Waals surface area contributed by atoms with Crippen molar-refractivity contribution in [1.29, 1.82) is 0 Å². The molecule has 0 atom stereocenters. The number of aromatic nitrogens is 3. The van der Waals surface area contributed by atoms with Crippen LogP contribution in [-0.2, 0) is 6.54 Å². The van der Waals surface area contributed by atoms with Gasteiger partial charge in [-0.3, -0.25) is 0 Å². The van der Waals surface area contributed by atoms with E-state index in [0.717, 1.165) is 6.54 Å². The third-order valence-corrected chi connectivity index (χ3v) is 7.41. The number of hydrogen-bond acceptors (Lipinski definition) is 2. The van der Waals surface area contributed by atoms with Crippen molar-refractivity contribution in [3.63, 3.8) is 0 Å². The first-order chi connectivity index (χ1) is 15.3. The van der Waals surface area contributed by atoms with E-state index in [-0.39, 0.29) is 0 Å². The number of rotatable bonds is 2. The number of thiophene rings is 1. The Balaban J connectivity index is 1.60. The normalized spacial score (nSPS) is 12.2. The Kier molecular flexibility index (Phi) is 3.41. The molecule has 0 N–H and O–H groups in total. The minimum absolute atomic E-state index is 0.959. The Morgan fingerprint density at radius 1 is 0.774 bits per heavy atom. The molecule has 0 radical (unpaired) electrons. The van der Waals surface area contributed by atoms with Crippen LogP contribution in [-0.4, -0.2) is 14.2 Å². The highest BCUT2D eigenvalue weighted by atomic mass is 32.1. The van der Waals surface area contributed by atoms with Gasteiger partial charge in [-0.25, -0.2) is 4.52 Å². The SMILES string of the molecule is CCn1c2ccccc2c2cc(-c3cnn4c5ccsc5c5ccccc5c34)ccc21. The molecule has 7 aromatic rings. The molecular formula is C27H19N3S. The predicted octanol–water partition coefficient (Wildman–Crippen LogP) is 7.50. The fourth-order valence-electron chi connectivity index (χ4n) is 5.12. The Bertz CT molecular complexity index is 1780. The number of aryl methyl sites for hydroxylation is 1. The summed E-state index contributed by atoms with van der Waals surface area (Å²) in [6.45, 7) is 3.17. The van der Waals surface area contributed by atoms with Gasteiger partial charge in [-0.1, -0.05) is 48.5 Å². The molecule has 31 heavy (non-hydrogen) atoms. The fraction of sp³-hybridized carbons (Fsp3) is 0.0741. The van der Waals surface area contributed by atoms with Gasteiger partial charge in [0.1, 0.15) is 0 Å². The molecule has 0 spiro atoms. The van der Waals surface area contributed by atoms with Gasteiger partial charge in [-0.05, 0) is 42.1 Å². The first kappa shape index (κ1) is 17.1. The molecule has 4 heterocycles. The van der Waals surface area contributed by atoms with E-state index in [1.807, 2.05) is 6.20 Å². The standard InChI is InChI=1S/C27H19N3S/c1-2-29-23-10-6-5-7-18(23)21-15-17(11-12-24(21)29)22-16-28-30-25-13-14-31-27(25)20-9-4-3-8-19(20)26(22)30/h3-16H,2H2,1H3. The molecule has 0 aliphatic rings. The molecule has 0 saturated carbocycles. The first-order valence-electron chi connectivity index (χ1n) is 10.6. The smallest absolute Gasteiger partial charge is 0.0839 e. The van der Waals surface area contributed by atoms with Crippen LogP contribution in [0.25, 0.3) is 59.4 Å². The molecule has 4 aromatic heterocycles. The molecule has 148 valence electrons. The summed E-state index contributed by atoms with van der Waals surface area (Å²) < 4.78 is 5.80. The lowest BCUT2D eigenvalue weighted by atomic mass is 10.0. The summed E-state index contributed by atoms with van der Waals surface area (Å²) in [7, 11) is 0. The Morgan fingerprint density at radius 2 is 1.55 bits per heavy atom. The maximum absolute atomic E-state index is 4.83. The van der Waals surface area contributed by atoms with Crippen LogP contribution in [0, 0.1) is 0 Å². The minimum Gasteiger partial charge on any atom is -0.341 e. The number of pyridine rings is 1. The Morgan fingerprint density at radius 3 is 2.42 bits per heavy atom. The number of hydrogen-bond donors (Lipinski definition) is 0. The summed E-state index contributed by atoms with van der Waals surface area (Å²) in [4.78, 5) is 0. The van der Waals surface area contributed by atoms with Crippen molar-refractivity contribution in [2.45, 2.75) is 13.5 Å². The quantitative estimate of drug-likeness (QED) is 0.285. The molecule has 3 nitrogen and oxygen atoms in total. The van der Waals surface area contributed by atoms with E-state index in [4.69, 9.17) is 5.10 Å². The molecule has 0 saturated heterocycles. The predicted molar refractivity (Wildman–Crippen MR) is 132 cm³/mol. The van der Waals surface area contributed by atoms with Crippen molar-refractivity contribution in [2.75, 3.05) is 0 Å². The van der Waals surface area contributed by atoms with E-state index in [0.29, 0.717) is 0 Å². The van der Waals surface area contributed by atoms with E-state index < -0.39 is 0 Å². The van der Waals surface area contributed by atoms with Gasteiger partial charge < -0.3 is 4.57 Å². The Hall–Kier alpha value is -3.63. The van der Waals surface area contributed by atoms with Gasteiger partial charge in [0.05, 0.1) is 21.9 Å². The van der Waals surface area contributed by atoms with E-state index in [1.165, 1.54) is 59.4 Å². The number of nitrogens with zero attached hydrogens (tertiary/aromatic N) is 3. The van der Waals surface area contributed by atoms with Crippen LogP contribution in [0.4, 0.5) is 0 Å². The average Bonchev–Trinajstić information content (AvgIpc) is 3.54. The van der Waals surface area contributed by atoms with E-state index in [2.05, 4.69) is 94.2 Å². The lowest BCUT2D eigenvalue weighted by Crippen LogP contribution is -1.92. The van der Waals surface area contributed by atoms with E-state index in [9.17, 15) is 0 Å². The molecule has 0 amide bonds. The van der Waals surface area contributed by atoms with E-state index in [1.54, 1.807) is 11.3 Å². The summed E-state index contributed by atoms with van der Waals surface area (Å²) in [5, 5.41) is 12.1. The van der Waals surface area contributed by atoms with Gasteiger partial charge in [0.2, 0.25) is 0 Å². The van der Waals surface area contributed by atoms with E-state index >= 15 is 0 Å². The van der Waals surface area contributed by atoms with Gasteiger partial charge in [0.25, 0.3) is 0 Å². The zero-order valence-electron chi connectivity index (χ0n) is 17.0. The van der Waals surface area contributed by atoms with Crippen LogP contribution in [0.3, 0.4) is 0 Å². The fourth-order valence-corrected chi connectivity index (χ4v) is 6.04. The van der Waals surface area contributed by atoms with Crippen molar-refractivity contribution in [3.05, 3.63) is 84.4 Å². The molecule has 4 heteroatoms. The van der Waals surface area contributed by atoms with Gasteiger partial charge in [0.15, 0.2) is 0 Å². The molecular weight excluding hydrogens is 398 g/mol. The van der Waals surface area contributed by atoms with Crippen LogP contribution < -0.4 is 0 Å². The summed E-state index contributed by atoms with van der Waals surface area (Å²) in [6.07, 6.45) is 2.03. The van der Waals surface area contributed by atoms with Crippen molar-refractivity contribution in [1.82, 2.24) is 14.2 Å². The Labute approximate surface area is 182 Å². The van der Waals surface area contributed by atoms with Gasteiger partial charge in [-0.15, -0.1) is 11.3 Å². The number of para-hydroxylation sites is 1. The topological polar surface area (TPSA) is 22.2 Å². The van der Waals surface area contributed by atoms with Crippen molar-refractivity contribution in [3.8, 4) is 11.1 Å². The highest BCUT2D eigenvalue weighted by Crippen LogP contribution is 2.39. The second kappa shape index (κ2) is 6.19. The minimum atomic E-state index is 0.959. The lowest BCUT2D eigenvalue weighted by molar-refractivity contribution is 0.827. The molecule has 0 unspecified atom stereocenters. The highest BCUT2D eigenvalue weighted by Gasteiger charge is 2.17. The number of fused-ring (bicyclic) bond motifs is 9. The summed E-state index contributed by atoms with van der Waals surface area (Å²) in [5.41, 5.74) is 7.32. The van der Waals surface area contributed by atoms with Gasteiger partial charge in [-0.2, -0.15) is 5.10 Å². The largest absolute Gasteiger partial charge is 0.341 e. The zero-order valence-corrected chi connectivity index (χ0v) is 17.9. The van der Waals surface area contributed by atoms with Crippen molar-refractivity contribution >= 4 is 59.6 Å². The third-order valence-electron chi connectivity index (χ3n) is 6.47. The third kappa shape index (κ3) is 2.20. The maximum atomic E-state index is 4.83. The summed E-state index contributed by atoms with van der Waals surface area (Å²) in [5.74, 6) is 0. The van der Waals surface area contributed by atoms with Gasteiger partial charge >= 0.3 is 0 Å².